The average Bonchev–Trinajstić information content (AvgIpc) is 3.01. The van der Waals surface area contributed by atoms with E-state index < -0.39 is 0 Å². The van der Waals surface area contributed by atoms with Crippen LogP contribution in [0.25, 0.3) is 17.4 Å². The molecule has 4 nitrogen and oxygen atoms in total. The summed E-state index contributed by atoms with van der Waals surface area (Å²) >= 11 is 0. The van der Waals surface area contributed by atoms with Crippen molar-refractivity contribution in [2.24, 2.45) is 0 Å². The van der Waals surface area contributed by atoms with Crippen LogP contribution in [0.4, 0.5) is 0 Å². The molecule has 4 heteroatoms. The van der Waals surface area contributed by atoms with Crippen molar-refractivity contribution in [2.45, 2.75) is 0 Å². The van der Waals surface area contributed by atoms with Crippen LogP contribution in [0.1, 0.15) is 0 Å². The van der Waals surface area contributed by atoms with Gasteiger partial charge < -0.3 is 4.52 Å². The van der Waals surface area contributed by atoms with Crippen LogP contribution in [0, 0.1) is 0 Å². The quantitative estimate of drug-likeness (QED) is 0.654. The topological polar surface area (TPSA) is 43.9 Å². The summed E-state index contributed by atoms with van der Waals surface area (Å²) < 4.78 is 6.99. The highest BCUT2D eigenvalue weighted by atomic mass is 16.5. The molecule has 0 saturated carbocycles. The predicted molar refractivity (Wildman–Crippen MR) is 59.1 cm³/mol. The molecule has 0 spiro atoms. The highest BCUT2D eigenvalue weighted by molar-refractivity contribution is 5.52. The number of nitrogens with zero attached hydrogens (tertiary/aromatic N) is 3. The Hall–Kier alpha value is -2.36. The molecule has 0 aliphatic carbocycles. The van der Waals surface area contributed by atoms with Gasteiger partial charge in [-0.15, -0.1) is 0 Å². The van der Waals surface area contributed by atoms with E-state index in [-0.39, 0.29) is 0 Å². The lowest BCUT2D eigenvalue weighted by Crippen LogP contribution is -1.91. The Morgan fingerprint density at radius 2 is 1.69 bits per heavy atom. The Kier molecular flexibility index (Phi) is 2.04. The lowest BCUT2D eigenvalue weighted by Gasteiger charge is -1.91. The van der Waals surface area contributed by atoms with Gasteiger partial charge in [-0.2, -0.15) is 4.98 Å². The number of benzene rings is 1. The van der Waals surface area contributed by atoms with E-state index in [4.69, 9.17) is 4.52 Å². The van der Waals surface area contributed by atoms with Gasteiger partial charge >= 0.3 is 0 Å². The van der Waals surface area contributed by atoms with Gasteiger partial charge in [-0.1, -0.05) is 18.2 Å². The van der Waals surface area contributed by atoms with E-state index in [9.17, 15) is 0 Å². The van der Waals surface area contributed by atoms with E-state index in [1.54, 1.807) is 4.57 Å². The third-order valence-corrected chi connectivity index (χ3v) is 2.27. The third kappa shape index (κ3) is 1.50. The van der Waals surface area contributed by atoms with Gasteiger partial charge in [0.15, 0.2) is 0 Å². The molecule has 0 atom stereocenters. The third-order valence-electron chi connectivity index (χ3n) is 2.27. The average molecular weight is 211 g/mol. The molecule has 0 fully saturated rings. The Morgan fingerprint density at radius 1 is 0.938 bits per heavy atom. The predicted octanol–water partition coefficient (Wildman–Crippen LogP) is 2.53. The van der Waals surface area contributed by atoms with E-state index in [1.165, 1.54) is 0 Å². The maximum Gasteiger partial charge on any atom is 0.274 e. The van der Waals surface area contributed by atoms with Crippen LogP contribution in [0.3, 0.4) is 0 Å². The fourth-order valence-electron chi connectivity index (χ4n) is 1.49. The summed E-state index contributed by atoms with van der Waals surface area (Å²) in [6.45, 7) is 0. The van der Waals surface area contributed by atoms with Gasteiger partial charge in [-0.3, -0.25) is 4.57 Å². The van der Waals surface area contributed by atoms with Gasteiger partial charge in [0.05, 0.1) is 0 Å². The summed E-state index contributed by atoms with van der Waals surface area (Å²) in [6.07, 6.45) is 3.75. The standard InChI is InChI=1S/C12H9N3O/c1-2-6-10(7-3-1)11-13-12(14-16-11)15-8-4-5-9-15/h1-9H. The summed E-state index contributed by atoms with van der Waals surface area (Å²) in [7, 11) is 0. The SMILES string of the molecule is c1ccc(-c2nc(-n3cccc3)no2)cc1. The van der Waals surface area contributed by atoms with Crippen molar-refractivity contribution in [1.29, 1.82) is 0 Å². The maximum atomic E-state index is 5.19. The fraction of sp³-hybridized carbons (Fsp3) is 0. The molecule has 0 aliphatic heterocycles. The Morgan fingerprint density at radius 3 is 2.44 bits per heavy atom. The van der Waals surface area contributed by atoms with E-state index in [2.05, 4.69) is 10.1 Å². The van der Waals surface area contributed by atoms with E-state index >= 15 is 0 Å². The van der Waals surface area contributed by atoms with Gasteiger partial charge in [-0.05, 0) is 29.4 Å². The van der Waals surface area contributed by atoms with Crippen LogP contribution in [0.15, 0.2) is 59.4 Å². The summed E-state index contributed by atoms with van der Waals surface area (Å²) in [5.74, 6) is 1.08. The van der Waals surface area contributed by atoms with E-state index in [1.807, 2.05) is 54.9 Å². The lowest BCUT2D eigenvalue weighted by atomic mass is 10.2. The summed E-state index contributed by atoms with van der Waals surface area (Å²) in [6, 6.07) is 13.5. The Labute approximate surface area is 92.1 Å². The largest absolute Gasteiger partial charge is 0.332 e. The second-order valence-electron chi connectivity index (χ2n) is 3.36. The van der Waals surface area contributed by atoms with Crippen LogP contribution >= 0.6 is 0 Å². The lowest BCUT2D eigenvalue weighted by molar-refractivity contribution is 0.427. The number of aromatic nitrogens is 3. The molecule has 0 bridgehead atoms. The van der Waals surface area contributed by atoms with Gasteiger partial charge in [0.2, 0.25) is 0 Å². The van der Waals surface area contributed by atoms with Gasteiger partial charge in [0, 0.05) is 18.0 Å². The first kappa shape index (κ1) is 8.91. The van der Waals surface area contributed by atoms with Crippen LogP contribution < -0.4 is 0 Å². The van der Waals surface area contributed by atoms with Crippen LogP contribution in [0.2, 0.25) is 0 Å². The number of hydrogen-bond acceptors (Lipinski definition) is 3. The van der Waals surface area contributed by atoms with Gasteiger partial charge in [0.25, 0.3) is 11.8 Å². The molecule has 0 unspecified atom stereocenters. The number of rotatable bonds is 2. The van der Waals surface area contributed by atoms with Crippen molar-refractivity contribution in [3.63, 3.8) is 0 Å². The molecule has 3 rings (SSSR count). The minimum absolute atomic E-state index is 0.532. The van der Waals surface area contributed by atoms with Crippen LogP contribution in [0.5, 0.6) is 0 Å². The molecule has 2 heterocycles. The summed E-state index contributed by atoms with van der Waals surface area (Å²) in [5, 5.41) is 3.91. The zero-order valence-electron chi connectivity index (χ0n) is 8.45. The molecule has 16 heavy (non-hydrogen) atoms. The first-order valence-electron chi connectivity index (χ1n) is 4.96. The zero-order chi connectivity index (χ0) is 10.8. The highest BCUT2D eigenvalue weighted by Crippen LogP contribution is 2.17. The maximum absolute atomic E-state index is 5.19. The van der Waals surface area contributed by atoms with Crippen molar-refractivity contribution in [2.75, 3.05) is 0 Å². The molecular formula is C12H9N3O. The van der Waals surface area contributed by atoms with Crippen LogP contribution in [-0.2, 0) is 0 Å². The second-order valence-corrected chi connectivity index (χ2v) is 3.36. The van der Waals surface area contributed by atoms with E-state index in [0.717, 1.165) is 5.56 Å². The minimum Gasteiger partial charge on any atom is -0.332 e. The Bertz CT molecular complexity index is 569. The first-order valence-corrected chi connectivity index (χ1v) is 4.96. The molecule has 0 aliphatic rings. The van der Waals surface area contributed by atoms with Crippen molar-refractivity contribution < 1.29 is 4.52 Å². The highest BCUT2D eigenvalue weighted by Gasteiger charge is 2.08. The fourth-order valence-corrected chi connectivity index (χ4v) is 1.49. The molecule has 2 aromatic heterocycles. The van der Waals surface area contributed by atoms with Crippen LogP contribution in [-0.4, -0.2) is 14.7 Å². The molecule has 78 valence electrons. The van der Waals surface area contributed by atoms with Crippen molar-refractivity contribution >= 4 is 0 Å². The number of hydrogen-bond donors (Lipinski definition) is 0. The normalized spacial score (nSPS) is 10.5. The molecule has 0 N–H and O–H groups in total. The van der Waals surface area contributed by atoms with Gasteiger partial charge in [0.1, 0.15) is 0 Å². The monoisotopic (exact) mass is 211 g/mol. The molecule has 0 radical (unpaired) electrons. The zero-order valence-corrected chi connectivity index (χ0v) is 8.45. The van der Waals surface area contributed by atoms with Crippen molar-refractivity contribution in [3.8, 4) is 17.4 Å². The molecule has 0 amide bonds. The molecule has 1 aromatic carbocycles. The van der Waals surface area contributed by atoms with E-state index in [0.29, 0.717) is 11.8 Å². The van der Waals surface area contributed by atoms with Crippen molar-refractivity contribution in [3.05, 3.63) is 54.9 Å². The molecule has 3 aromatic rings. The second kappa shape index (κ2) is 3.66. The van der Waals surface area contributed by atoms with Gasteiger partial charge in [-0.25, -0.2) is 0 Å². The Balaban J connectivity index is 2.00. The summed E-state index contributed by atoms with van der Waals surface area (Å²) in [5.41, 5.74) is 0.924. The van der Waals surface area contributed by atoms with Crippen molar-refractivity contribution in [1.82, 2.24) is 14.7 Å². The smallest absolute Gasteiger partial charge is 0.274 e. The first-order chi connectivity index (χ1) is 7.93. The molecular weight excluding hydrogens is 202 g/mol. The molecule has 0 saturated heterocycles. The summed E-state index contributed by atoms with van der Waals surface area (Å²) in [4.78, 5) is 4.31. The minimum atomic E-state index is 0.532.